The van der Waals surface area contributed by atoms with Crippen LogP contribution in [0.4, 0.5) is 0 Å². The van der Waals surface area contributed by atoms with E-state index in [4.69, 9.17) is 23.2 Å². The summed E-state index contributed by atoms with van der Waals surface area (Å²) < 4.78 is 1.67. The molecule has 3 rings (SSSR count). The van der Waals surface area contributed by atoms with Crippen LogP contribution in [0.15, 0.2) is 53.5 Å². The number of aromatic nitrogens is 2. The third kappa shape index (κ3) is 2.42. The van der Waals surface area contributed by atoms with Gasteiger partial charge in [-0.05, 0) is 23.6 Å². The van der Waals surface area contributed by atoms with E-state index in [9.17, 15) is 4.79 Å². The zero-order chi connectivity index (χ0) is 14.1. The molecular formula is C15H10Cl2N2O. The minimum absolute atomic E-state index is 0.0743. The van der Waals surface area contributed by atoms with Gasteiger partial charge in [0.2, 0.25) is 0 Å². The Hall–Kier alpha value is -1.84. The first-order valence-corrected chi connectivity index (χ1v) is 6.79. The monoisotopic (exact) mass is 304 g/mol. The highest BCUT2D eigenvalue weighted by Crippen LogP contribution is 2.20. The molecule has 0 amide bonds. The highest BCUT2D eigenvalue weighted by molar-refractivity contribution is 6.34. The zero-order valence-corrected chi connectivity index (χ0v) is 11.9. The SMILES string of the molecule is O=c1ccc2ccccc2n1Cc1cnc(Cl)cc1Cl. The summed E-state index contributed by atoms with van der Waals surface area (Å²) >= 11 is 11.9. The minimum Gasteiger partial charge on any atom is -0.304 e. The van der Waals surface area contributed by atoms with Crippen LogP contribution in [-0.2, 0) is 6.54 Å². The van der Waals surface area contributed by atoms with Gasteiger partial charge in [0.25, 0.3) is 5.56 Å². The number of rotatable bonds is 2. The fourth-order valence-electron chi connectivity index (χ4n) is 2.13. The molecule has 0 aliphatic heterocycles. The van der Waals surface area contributed by atoms with Gasteiger partial charge in [-0.1, -0.05) is 41.4 Å². The Labute approximate surface area is 125 Å². The zero-order valence-electron chi connectivity index (χ0n) is 10.4. The van der Waals surface area contributed by atoms with Gasteiger partial charge in [0.05, 0.1) is 17.1 Å². The van der Waals surface area contributed by atoms with E-state index >= 15 is 0 Å². The van der Waals surface area contributed by atoms with Crippen molar-refractivity contribution in [3.63, 3.8) is 0 Å². The van der Waals surface area contributed by atoms with Crippen molar-refractivity contribution in [2.75, 3.05) is 0 Å². The molecule has 2 aromatic heterocycles. The molecule has 5 heteroatoms. The van der Waals surface area contributed by atoms with E-state index in [-0.39, 0.29) is 5.56 Å². The molecule has 0 saturated carbocycles. The normalized spacial score (nSPS) is 10.9. The topological polar surface area (TPSA) is 34.9 Å². The highest BCUT2D eigenvalue weighted by Gasteiger charge is 2.07. The Morgan fingerprint density at radius 3 is 2.70 bits per heavy atom. The smallest absolute Gasteiger partial charge is 0.251 e. The largest absolute Gasteiger partial charge is 0.304 e. The molecule has 0 bridgehead atoms. The molecule has 20 heavy (non-hydrogen) atoms. The Bertz CT molecular complexity index is 843. The van der Waals surface area contributed by atoms with Crippen LogP contribution in [0.1, 0.15) is 5.56 Å². The predicted molar refractivity (Wildman–Crippen MR) is 81.6 cm³/mol. The molecule has 1 aromatic carbocycles. The van der Waals surface area contributed by atoms with E-state index in [1.165, 1.54) is 0 Å². The van der Waals surface area contributed by atoms with Crippen LogP contribution >= 0.6 is 23.2 Å². The average Bonchev–Trinajstić information content (AvgIpc) is 2.44. The molecular weight excluding hydrogens is 295 g/mol. The molecule has 0 fully saturated rings. The van der Waals surface area contributed by atoms with Crippen LogP contribution in [0, 0.1) is 0 Å². The second-order valence-corrected chi connectivity index (χ2v) is 5.21. The lowest BCUT2D eigenvalue weighted by atomic mass is 10.2. The summed E-state index contributed by atoms with van der Waals surface area (Å²) in [5.74, 6) is 0. The number of pyridine rings is 2. The summed E-state index contributed by atoms with van der Waals surface area (Å²) in [4.78, 5) is 16.1. The molecule has 0 unspecified atom stereocenters. The maximum Gasteiger partial charge on any atom is 0.251 e. The lowest BCUT2D eigenvalue weighted by Gasteiger charge is -2.11. The van der Waals surface area contributed by atoms with Crippen LogP contribution in [0.2, 0.25) is 10.2 Å². The van der Waals surface area contributed by atoms with Gasteiger partial charge < -0.3 is 4.57 Å². The van der Waals surface area contributed by atoms with Gasteiger partial charge in [0, 0.05) is 17.8 Å². The van der Waals surface area contributed by atoms with Gasteiger partial charge in [0.1, 0.15) is 5.15 Å². The van der Waals surface area contributed by atoms with Crippen LogP contribution in [0.25, 0.3) is 10.9 Å². The third-order valence-corrected chi connectivity index (χ3v) is 3.68. The third-order valence-electron chi connectivity index (χ3n) is 3.12. The maximum atomic E-state index is 12.1. The second kappa shape index (κ2) is 5.27. The van der Waals surface area contributed by atoms with Gasteiger partial charge in [-0.15, -0.1) is 0 Å². The van der Waals surface area contributed by atoms with Gasteiger partial charge in [-0.2, -0.15) is 0 Å². The van der Waals surface area contributed by atoms with Crippen molar-refractivity contribution in [1.29, 1.82) is 0 Å². The van der Waals surface area contributed by atoms with E-state index in [2.05, 4.69) is 4.98 Å². The maximum absolute atomic E-state index is 12.1. The van der Waals surface area contributed by atoms with Gasteiger partial charge in [-0.25, -0.2) is 4.98 Å². The minimum atomic E-state index is -0.0743. The number of fused-ring (bicyclic) bond motifs is 1. The molecule has 100 valence electrons. The molecule has 3 nitrogen and oxygen atoms in total. The number of nitrogens with zero attached hydrogens (tertiary/aromatic N) is 2. The molecule has 0 saturated heterocycles. The van der Waals surface area contributed by atoms with Crippen LogP contribution in [-0.4, -0.2) is 9.55 Å². The molecule has 3 aromatic rings. The first kappa shape index (κ1) is 13.2. The number of hydrogen-bond donors (Lipinski definition) is 0. The molecule has 0 atom stereocenters. The van der Waals surface area contributed by atoms with Crippen molar-refractivity contribution in [2.45, 2.75) is 6.54 Å². The van der Waals surface area contributed by atoms with Crippen molar-refractivity contribution in [2.24, 2.45) is 0 Å². The summed E-state index contributed by atoms with van der Waals surface area (Å²) in [6.45, 7) is 0.364. The van der Waals surface area contributed by atoms with Gasteiger partial charge in [0.15, 0.2) is 0 Å². The summed E-state index contributed by atoms with van der Waals surface area (Å²) in [6.07, 6.45) is 1.60. The first-order chi connectivity index (χ1) is 9.65. The number of hydrogen-bond acceptors (Lipinski definition) is 2. The van der Waals surface area contributed by atoms with E-state index < -0.39 is 0 Å². The van der Waals surface area contributed by atoms with Crippen LogP contribution in [0.5, 0.6) is 0 Å². The fraction of sp³-hybridized carbons (Fsp3) is 0.0667. The molecule has 0 radical (unpaired) electrons. The summed E-state index contributed by atoms with van der Waals surface area (Å²) in [5.41, 5.74) is 1.55. The van der Waals surface area contributed by atoms with Crippen LogP contribution < -0.4 is 5.56 Å². The molecule has 0 N–H and O–H groups in total. The van der Waals surface area contributed by atoms with Crippen molar-refractivity contribution in [3.05, 3.63) is 74.8 Å². The lowest BCUT2D eigenvalue weighted by Crippen LogP contribution is -2.20. The molecule has 0 aliphatic rings. The van der Waals surface area contributed by atoms with E-state index in [1.807, 2.05) is 30.3 Å². The average molecular weight is 305 g/mol. The predicted octanol–water partition coefficient (Wildman–Crippen LogP) is 3.75. The Morgan fingerprint density at radius 2 is 1.90 bits per heavy atom. The van der Waals surface area contributed by atoms with Crippen molar-refractivity contribution in [1.82, 2.24) is 9.55 Å². The Kier molecular flexibility index (Phi) is 3.47. The summed E-state index contributed by atoms with van der Waals surface area (Å²) in [7, 11) is 0. The fourth-order valence-corrected chi connectivity index (χ4v) is 2.56. The van der Waals surface area contributed by atoms with Crippen LogP contribution in [0.3, 0.4) is 0 Å². The molecule has 2 heterocycles. The Balaban J connectivity index is 2.15. The highest BCUT2D eigenvalue weighted by atomic mass is 35.5. The number of benzene rings is 1. The quantitative estimate of drug-likeness (QED) is 0.676. The number of halogens is 2. The second-order valence-electron chi connectivity index (χ2n) is 4.41. The van der Waals surface area contributed by atoms with Gasteiger partial charge >= 0.3 is 0 Å². The Morgan fingerprint density at radius 1 is 1.10 bits per heavy atom. The van der Waals surface area contributed by atoms with Crippen molar-refractivity contribution >= 4 is 34.1 Å². The summed E-state index contributed by atoms with van der Waals surface area (Å²) in [5, 5.41) is 1.85. The summed E-state index contributed by atoms with van der Waals surface area (Å²) in [6, 6.07) is 12.7. The molecule has 0 aliphatic carbocycles. The van der Waals surface area contributed by atoms with E-state index in [0.29, 0.717) is 16.7 Å². The first-order valence-electron chi connectivity index (χ1n) is 6.03. The van der Waals surface area contributed by atoms with Gasteiger partial charge in [-0.3, -0.25) is 4.79 Å². The van der Waals surface area contributed by atoms with E-state index in [1.54, 1.807) is 22.9 Å². The molecule has 0 spiro atoms. The standard InChI is InChI=1S/C15H10Cl2N2O/c16-12-7-14(17)18-8-11(12)9-19-13-4-2-1-3-10(13)5-6-15(19)20/h1-8H,9H2. The van der Waals surface area contributed by atoms with E-state index in [0.717, 1.165) is 16.5 Å². The lowest BCUT2D eigenvalue weighted by molar-refractivity contribution is 0.791. The van der Waals surface area contributed by atoms with Crippen molar-refractivity contribution < 1.29 is 0 Å². The van der Waals surface area contributed by atoms with Crippen molar-refractivity contribution in [3.8, 4) is 0 Å². The number of para-hydroxylation sites is 1.